The second kappa shape index (κ2) is 10.5. The van der Waals surface area contributed by atoms with Crippen LogP contribution in [0.25, 0.3) is 10.4 Å². The van der Waals surface area contributed by atoms with Gasteiger partial charge in [-0.15, -0.1) is 11.3 Å². The van der Waals surface area contributed by atoms with Gasteiger partial charge in [-0.3, -0.25) is 14.5 Å². The molecule has 5 atom stereocenters. The third-order valence-electron chi connectivity index (χ3n) is 6.33. The van der Waals surface area contributed by atoms with Gasteiger partial charge in [0.2, 0.25) is 11.8 Å². The van der Waals surface area contributed by atoms with Crippen LogP contribution in [0.1, 0.15) is 58.3 Å². The van der Waals surface area contributed by atoms with Gasteiger partial charge in [0.25, 0.3) is 0 Å². The van der Waals surface area contributed by atoms with Crippen LogP contribution < -0.4 is 10.6 Å². The predicted octanol–water partition coefficient (Wildman–Crippen LogP) is 2.60. The fourth-order valence-corrected chi connectivity index (χ4v) is 5.24. The largest absolute Gasteiger partial charge is 0.392 e. The molecule has 9 heteroatoms. The molecule has 1 fully saturated rings. The van der Waals surface area contributed by atoms with E-state index in [-0.39, 0.29) is 30.8 Å². The van der Waals surface area contributed by atoms with Gasteiger partial charge in [0, 0.05) is 13.5 Å². The van der Waals surface area contributed by atoms with Crippen LogP contribution in [-0.2, 0) is 9.59 Å². The number of aryl methyl sites for hydroxylation is 1. The Morgan fingerprint density at radius 2 is 1.85 bits per heavy atom. The van der Waals surface area contributed by atoms with E-state index in [9.17, 15) is 19.8 Å². The average molecular weight is 489 g/mol. The summed E-state index contributed by atoms with van der Waals surface area (Å²) in [7, 11) is 0. The molecular formula is C25H36N4O4S. The van der Waals surface area contributed by atoms with Gasteiger partial charge in [-0.2, -0.15) is 0 Å². The van der Waals surface area contributed by atoms with Gasteiger partial charge in [-0.05, 0) is 36.8 Å². The lowest BCUT2D eigenvalue weighted by atomic mass is 9.85. The number of nitrogens with one attached hydrogen (secondary N) is 2. The van der Waals surface area contributed by atoms with Crippen molar-refractivity contribution in [2.45, 2.75) is 78.4 Å². The van der Waals surface area contributed by atoms with Crippen LogP contribution in [0.4, 0.5) is 0 Å². The first-order chi connectivity index (χ1) is 15.9. The number of aliphatic hydroxyl groups excluding tert-OH is 2. The zero-order valence-electron chi connectivity index (χ0n) is 20.7. The van der Waals surface area contributed by atoms with Crippen LogP contribution in [0.2, 0.25) is 0 Å². The third kappa shape index (κ3) is 6.02. The Bertz CT molecular complexity index is 1000. The van der Waals surface area contributed by atoms with E-state index in [0.717, 1.165) is 21.7 Å². The number of carbonyl (C=O) groups excluding carboxylic acids is 2. The standard InChI is InChI=1S/C25H36N4O4S/c1-14(17-7-9-18(10-8-17)21-15(2)26-13-34-21)27-23(32)20-11-19(31)12-29(20)24(33)22(25(4,5)6)28-16(3)30/h7-10,13-14,19-20,22,24,31,33H,11-12H2,1-6H3,(H,27,32)(H,28,30)/t14-,19-,20+,22-,24?/m1/s1. The number of aliphatic hydroxyl groups is 2. The molecule has 34 heavy (non-hydrogen) atoms. The van der Waals surface area contributed by atoms with Crippen molar-refractivity contribution in [1.82, 2.24) is 20.5 Å². The predicted molar refractivity (Wildman–Crippen MR) is 133 cm³/mol. The number of hydrogen-bond acceptors (Lipinski definition) is 7. The Labute approximate surface area is 205 Å². The molecule has 0 saturated carbocycles. The number of nitrogens with zero attached hydrogens (tertiary/aromatic N) is 2. The van der Waals surface area contributed by atoms with Crippen molar-refractivity contribution in [3.63, 3.8) is 0 Å². The maximum atomic E-state index is 13.2. The third-order valence-corrected chi connectivity index (χ3v) is 7.30. The number of amides is 2. The van der Waals surface area contributed by atoms with Gasteiger partial charge in [-0.25, -0.2) is 4.98 Å². The first-order valence-corrected chi connectivity index (χ1v) is 12.5. The average Bonchev–Trinajstić information content (AvgIpc) is 3.36. The highest BCUT2D eigenvalue weighted by Gasteiger charge is 2.45. The van der Waals surface area contributed by atoms with E-state index in [4.69, 9.17) is 0 Å². The van der Waals surface area contributed by atoms with Gasteiger partial charge >= 0.3 is 0 Å². The highest BCUT2D eigenvalue weighted by molar-refractivity contribution is 7.13. The van der Waals surface area contributed by atoms with Crippen LogP contribution in [0.5, 0.6) is 0 Å². The maximum absolute atomic E-state index is 13.2. The van der Waals surface area contributed by atoms with Crippen molar-refractivity contribution in [3.8, 4) is 10.4 Å². The Kier molecular flexibility index (Phi) is 8.13. The molecule has 0 bridgehead atoms. The summed E-state index contributed by atoms with van der Waals surface area (Å²) < 4.78 is 0. The van der Waals surface area contributed by atoms with Gasteiger partial charge in [0.15, 0.2) is 0 Å². The second-order valence-electron chi connectivity index (χ2n) is 10.2. The van der Waals surface area contributed by atoms with Crippen LogP contribution in [0.15, 0.2) is 29.8 Å². The van der Waals surface area contributed by atoms with Crippen molar-refractivity contribution in [3.05, 3.63) is 41.0 Å². The molecule has 1 aromatic carbocycles. The van der Waals surface area contributed by atoms with Gasteiger partial charge in [0.05, 0.1) is 40.3 Å². The van der Waals surface area contributed by atoms with E-state index in [0.29, 0.717) is 0 Å². The number of likely N-dealkylation sites (tertiary alicyclic amines) is 1. The molecule has 0 radical (unpaired) electrons. The van der Waals surface area contributed by atoms with E-state index in [2.05, 4.69) is 15.6 Å². The molecule has 4 N–H and O–H groups in total. The number of thiazole rings is 1. The topological polar surface area (TPSA) is 115 Å². The van der Waals surface area contributed by atoms with E-state index < -0.39 is 29.8 Å². The summed E-state index contributed by atoms with van der Waals surface area (Å²) in [6.07, 6.45) is -1.63. The van der Waals surface area contributed by atoms with Crippen molar-refractivity contribution >= 4 is 23.2 Å². The molecule has 2 aromatic rings. The summed E-state index contributed by atoms with van der Waals surface area (Å²) in [5, 5.41) is 27.3. The molecule has 186 valence electrons. The van der Waals surface area contributed by atoms with Crippen molar-refractivity contribution in [2.75, 3.05) is 6.54 Å². The second-order valence-corrected chi connectivity index (χ2v) is 11.0. The van der Waals surface area contributed by atoms with Crippen LogP contribution in [0.3, 0.4) is 0 Å². The summed E-state index contributed by atoms with van der Waals surface area (Å²) in [5.74, 6) is -0.522. The molecule has 1 aliphatic rings. The smallest absolute Gasteiger partial charge is 0.238 e. The van der Waals surface area contributed by atoms with Crippen molar-refractivity contribution in [1.29, 1.82) is 0 Å². The number of benzene rings is 1. The molecule has 1 saturated heterocycles. The fourth-order valence-electron chi connectivity index (χ4n) is 4.43. The lowest BCUT2D eigenvalue weighted by Crippen LogP contribution is -2.60. The quantitative estimate of drug-likeness (QED) is 0.476. The fraction of sp³-hybridized carbons (Fsp3) is 0.560. The van der Waals surface area contributed by atoms with Crippen LogP contribution in [-0.4, -0.2) is 62.9 Å². The first kappa shape index (κ1) is 26.3. The molecule has 3 rings (SSSR count). The number of carbonyl (C=O) groups is 2. The van der Waals surface area contributed by atoms with Crippen molar-refractivity contribution in [2.24, 2.45) is 5.41 Å². The SMILES string of the molecule is CC(=O)N[C@H](C(O)N1C[C@H](O)C[C@H]1C(=O)N[C@H](C)c1ccc(-c2scnc2C)cc1)C(C)(C)C. The number of β-amino-alcohol motifs (C(OH)–C–C–N with tert-alkyl or cyclic N) is 1. The zero-order valence-corrected chi connectivity index (χ0v) is 21.5. The summed E-state index contributed by atoms with van der Waals surface area (Å²) in [6.45, 7) is 11.2. The van der Waals surface area contributed by atoms with Gasteiger partial charge < -0.3 is 20.8 Å². The number of hydrogen-bond donors (Lipinski definition) is 4. The molecule has 8 nitrogen and oxygen atoms in total. The normalized spacial score (nSPS) is 21.6. The molecule has 2 heterocycles. The van der Waals surface area contributed by atoms with Crippen molar-refractivity contribution < 1.29 is 19.8 Å². The molecule has 0 aliphatic carbocycles. The molecule has 1 aliphatic heterocycles. The summed E-state index contributed by atoms with van der Waals surface area (Å²) >= 11 is 1.59. The first-order valence-electron chi connectivity index (χ1n) is 11.6. The molecule has 1 unspecified atom stereocenters. The van der Waals surface area contributed by atoms with Crippen LogP contribution in [0, 0.1) is 12.3 Å². The minimum Gasteiger partial charge on any atom is -0.392 e. The summed E-state index contributed by atoms with van der Waals surface area (Å²) in [4.78, 5) is 32.0. The minimum absolute atomic E-state index is 0.155. The number of aromatic nitrogens is 1. The van der Waals surface area contributed by atoms with E-state index in [1.54, 1.807) is 16.2 Å². The monoisotopic (exact) mass is 488 g/mol. The molecule has 1 aromatic heterocycles. The molecule has 2 amide bonds. The number of rotatable bonds is 7. The lowest BCUT2D eigenvalue weighted by molar-refractivity contribution is -0.134. The summed E-state index contributed by atoms with van der Waals surface area (Å²) in [6, 6.07) is 6.46. The Morgan fingerprint density at radius 1 is 1.21 bits per heavy atom. The highest BCUT2D eigenvalue weighted by atomic mass is 32.1. The van der Waals surface area contributed by atoms with Gasteiger partial charge in [-0.1, -0.05) is 45.0 Å². The highest BCUT2D eigenvalue weighted by Crippen LogP contribution is 2.30. The lowest BCUT2D eigenvalue weighted by Gasteiger charge is -2.40. The molecular weight excluding hydrogens is 452 g/mol. The zero-order chi connectivity index (χ0) is 25.2. The Hall–Kier alpha value is -2.33. The van der Waals surface area contributed by atoms with E-state index >= 15 is 0 Å². The maximum Gasteiger partial charge on any atom is 0.238 e. The van der Waals surface area contributed by atoms with Crippen LogP contribution >= 0.6 is 11.3 Å². The minimum atomic E-state index is -1.12. The Morgan fingerprint density at radius 3 is 2.38 bits per heavy atom. The summed E-state index contributed by atoms with van der Waals surface area (Å²) in [5.41, 5.74) is 4.40. The molecule has 0 spiro atoms. The van der Waals surface area contributed by atoms with E-state index in [1.165, 1.54) is 6.92 Å². The van der Waals surface area contributed by atoms with E-state index in [1.807, 2.05) is 64.4 Å². The van der Waals surface area contributed by atoms with Gasteiger partial charge in [0.1, 0.15) is 6.23 Å². The Balaban J connectivity index is 1.72.